The standard InChI is InChI=1S/C17H15F5N2O2/c1-10(11-5-6-13(18)14(19)8-11)23(2)15(25)9-24-7-3-4-12(16(24)26)17(20,21)22/h3-8,10H,9H2,1-2H3. The number of alkyl halides is 3. The Morgan fingerprint density at radius 3 is 2.42 bits per heavy atom. The molecule has 9 heteroatoms. The van der Waals surface area contributed by atoms with Crippen molar-refractivity contribution in [3.63, 3.8) is 0 Å². The highest BCUT2D eigenvalue weighted by atomic mass is 19.4. The van der Waals surface area contributed by atoms with Crippen molar-refractivity contribution in [1.82, 2.24) is 9.47 Å². The van der Waals surface area contributed by atoms with Crippen LogP contribution in [0.15, 0.2) is 41.3 Å². The molecule has 0 saturated heterocycles. The highest BCUT2D eigenvalue weighted by molar-refractivity contribution is 5.76. The van der Waals surface area contributed by atoms with Crippen LogP contribution in [-0.2, 0) is 17.5 Å². The maximum Gasteiger partial charge on any atom is 0.421 e. The average Bonchev–Trinajstić information content (AvgIpc) is 2.56. The molecule has 1 amide bonds. The van der Waals surface area contributed by atoms with Crippen molar-refractivity contribution in [2.75, 3.05) is 7.05 Å². The van der Waals surface area contributed by atoms with Gasteiger partial charge in [-0.15, -0.1) is 0 Å². The highest BCUT2D eigenvalue weighted by Gasteiger charge is 2.34. The molecular formula is C17H15F5N2O2. The molecule has 0 aliphatic heterocycles. The fourth-order valence-electron chi connectivity index (χ4n) is 2.35. The van der Waals surface area contributed by atoms with E-state index in [2.05, 4.69) is 0 Å². The Kier molecular flexibility index (Phi) is 5.48. The molecular weight excluding hydrogens is 359 g/mol. The largest absolute Gasteiger partial charge is 0.421 e. The zero-order chi connectivity index (χ0) is 19.6. The molecule has 1 heterocycles. The minimum Gasteiger partial charge on any atom is -0.337 e. The fourth-order valence-corrected chi connectivity index (χ4v) is 2.35. The maximum atomic E-state index is 13.3. The lowest BCUT2D eigenvalue weighted by atomic mass is 10.1. The molecule has 26 heavy (non-hydrogen) atoms. The molecule has 0 spiro atoms. The van der Waals surface area contributed by atoms with E-state index >= 15 is 0 Å². The molecule has 1 aromatic carbocycles. The van der Waals surface area contributed by atoms with E-state index in [4.69, 9.17) is 0 Å². The molecule has 0 radical (unpaired) electrons. The SMILES string of the molecule is CC(c1ccc(F)c(F)c1)N(C)C(=O)Cn1cccc(C(F)(F)F)c1=O. The maximum absolute atomic E-state index is 13.3. The van der Waals surface area contributed by atoms with Crippen LogP contribution in [0.4, 0.5) is 22.0 Å². The Morgan fingerprint density at radius 1 is 1.19 bits per heavy atom. The monoisotopic (exact) mass is 374 g/mol. The minimum atomic E-state index is -4.83. The number of hydrogen-bond donors (Lipinski definition) is 0. The Balaban J connectivity index is 2.22. The van der Waals surface area contributed by atoms with Crippen molar-refractivity contribution in [2.24, 2.45) is 0 Å². The summed E-state index contributed by atoms with van der Waals surface area (Å²) in [6.45, 7) is 0.923. The van der Waals surface area contributed by atoms with E-state index in [0.29, 0.717) is 16.2 Å². The van der Waals surface area contributed by atoms with Crippen LogP contribution in [0, 0.1) is 11.6 Å². The molecule has 1 atom stereocenters. The summed E-state index contributed by atoms with van der Waals surface area (Å²) in [5.74, 6) is -2.78. The molecule has 2 rings (SSSR count). The first-order chi connectivity index (χ1) is 12.0. The molecule has 0 bridgehead atoms. The smallest absolute Gasteiger partial charge is 0.337 e. The number of nitrogens with zero attached hydrogens (tertiary/aromatic N) is 2. The third-order valence-corrected chi connectivity index (χ3v) is 4.03. The van der Waals surface area contributed by atoms with Gasteiger partial charge in [0, 0.05) is 13.2 Å². The first-order valence-electron chi connectivity index (χ1n) is 7.49. The van der Waals surface area contributed by atoms with Gasteiger partial charge >= 0.3 is 6.18 Å². The second-order valence-corrected chi connectivity index (χ2v) is 5.71. The number of amides is 1. The Labute approximate surface area is 145 Å². The van der Waals surface area contributed by atoms with Crippen LogP contribution >= 0.6 is 0 Å². The van der Waals surface area contributed by atoms with E-state index in [-0.39, 0.29) is 0 Å². The molecule has 1 aromatic heterocycles. The van der Waals surface area contributed by atoms with Crippen molar-refractivity contribution in [3.05, 3.63) is 69.6 Å². The van der Waals surface area contributed by atoms with Crippen LogP contribution in [-0.4, -0.2) is 22.4 Å². The van der Waals surface area contributed by atoms with Crippen molar-refractivity contribution in [3.8, 4) is 0 Å². The number of hydrogen-bond acceptors (Lipinski definition) is 2. The minimum absolute atomic E-state index is 0.302. The van der Waals surface area contributed by atoms with Crippen LogP contribution in [0.5, 0.6) is 0 Å². The van der Waals surface area contributed by atoms with Gasteiger partial charge in [0.2, 0.25) is 5.91 Å². The lowest BCUT2D eigenvalue weighted by Crippen LogP contribution is -2.37. The van der Waals surface area contributed by atoms with Gasteiger partial charge in [-0.25, -0.2) is 8.78 Å². The summed E-state index contributed by atoms with van der Waals surface area (Å²) in [4.78, 5) is 25.3. The van der Waals surface area contributed by atoms with E-state index in [1.807, 2.05) is 0 Å². The molecule has 0 N–H and O–H groups in total. The van der Waals surface area contributed by atoms with Crippen molar-refractivity contribution >= 4 is 5.91 Å². The first-order valence-corrected chi connectivity index (χ1v) is 7.49. The number of rotatable bonds is 4. The molecule has 4 nitrogen and oxygen atoms in total. The van der Waals surface area contributed by atoms with Crippen molar-refractivity contribution in [2.45, 2.75) is 25.7 Å². The van der Waals surface area contributed by atoms with Crippen LogP contribution in [0.1, 0.15) is 24.1 Å². The molecule has 0 saturated carbocycles. The Bertz CT molecular complexity index is 876. The van der Waals surface area contributed by atoms with Crippen LogP contribution in [0.25, 0.3) is 0 Å². The summed E-state index contributed by atoms with van der Waals surface area (Å²) in [6.07, 6.45) is -3.75. The predicted molar refractivity (Wildman–Crippen MR) is 83.2 cm³/mol. The molecule has 0 fully saturated rings. The number of halogens is 5. The number of aromatic nitrogens is 1. The predicted octanol–water partition coefficient (Wildman–Crippen LogP) is 3.36. The number of carbonyl (C=O) groups is 1. The third kappa shape index (κ3) is 4.09. The van der Waals surface area contributed by atoms with Gasteiger partial charge in [0.25, 0.3) is 5.56 Å². The quantitative estimate of drug-likeness (QED) is 0.771. The fraction of sp³-hybridized carbons (Fsp3) is 0.294. The molecule has 140 valence electrons. The normalized spacial score (nSPS) is 12.7. The molecule has 0 aliphatic carbocycles. The number of likely N-dealkylation sites (N-methyl/N-ethyl adjacent to an activating group) is 1. The van der Waals surface area contributed by atoms with Gasteiger partial charge in [0.1, 0.15) is 12.1 Å². The van der Waals surface area contributed by atoms with Crippen LogP contribution in [0.2, 0.25) is 0 Å². The lowest BCUT2D eigenvalue weighted by Gasteiger charge is -2.26. The summed E-state index contributed by atoms with van der Waals surface area (Å²) in [5.41, 5.74) is -2.40. The van der Waals surface area contributed by atoms with Gasteiger partial charge in [-0.1, -0.05) is 6.07 Å². The van der Waals surface area contributed by atoms with Crippen molar-refractivity contribution < 1.29 is 26.7 Å². The van der Waals surface area contributed by atoms with Crippen molar-refractivity contribution in [1.29, 1.82) is 0 Å². The third-order valence-electron chi connectivity index (χ3n) is 4.03. The summed E-state index contributed by atoms with van der Waals surface area (Å²) >= 11 is 0. The molecule has 0 aliphatic rings. The van der Waals surface area contributed by atoms with Crippen LogP contribution < -0.4 is 5.56 Å². The Hall–Kier alpha value is -2.71. The van der Waals surface area contributed by atoms with E-state index in [9.17, 15) is 31.5 Å². The summed E-state index contributed by atoms with van der Waals surface area (Å²) in [5, 5.41) is 0. The number of carbonyl (C=O) groups excluding carboxylic acids is 1. The average molecular weight is 374 g/mol. The van der Waals surface area contributed by atoms with E-state index in [1.165, 1.54) is 13.1 Å². The molecule has 2 aromatic rings. The Morgan fingerprint density at radius 2 is 1.85 bits per heavy atom. The van der Waals surface area contributed by atoms with E-state index in [0.717, 1.165) is 29.3 Å². The van der Waals surface area contributed by atoms with Gasteiger partial charge < -0.3 is 9.47 Å². The topological polar surface area (TPSA) is 42.3 Å². The lowest BCUT2D eigenvalue weighted by molar-refractivity contribution is -0.139. The van der Waals surface area contributed by atoms with Gasteiger partial charge in [-0.05, 0) is 36.8 Å². The van der Waals surface area contributed by atoms with Crippen LogP contribution in [0.3, 0.4) is 0 Å². The number of pyridine rings is 1. The second-order valence-electron chi connectivity index (χ2n) is 5.71. The first kappa shape index (κ1) is 19.6. The summed E-state index contributed by atoms with van der Waals surface area (Å²) < 4.78 is 65.3. The van der Waals surface area contributed by atoms with Gasteiger partial charge in [0.05, 0.1) is 6.04 Å². The number of benzene rings is 1. The second kappa shape index (κ2) is 7.27. The van der Waals surface area contributed by atoms with E-state index < -0.39 is 47.4 Å². The van der Waals surface area contributed by atoms with Gasteiger partial charge in [-0.3, -0.25) is 9.59 Å². The zero-order valence-corrected chi connectivity index (χ0v) is 13.8. The zero-order valence-electron chi connectivity index (χ0n) is 13.8. The molecule has 1 unspecified atom stereocenters. The van der Waals surface area contributed by atoms with Gasteiger partial charge in [-0.2, -0.15) is 13.2 Å². The highest BCUT2D eigenvalue weighted by Crippen LogP contribution is 2.26. The van der Waals surface area contributed by atoms with E-state index in [1.54, 1.807) is 6.92 Å². The summed E-state index contributed by atoms with van der Waals surface area (Å²) in [6, 6.07) is 4.12. The van der Waals surface area contributed by atoms with Gasteiger partial charge in [0.15, 0.2) is 11.6 Å². The summed E-state index contributed by atoms with van der Waals surface area (Å²) in [7, 11) is 1.35.